The second-order valence-electron chi connectivity index (χ2n) is 6.22. The SMILES string of the molecule is CN1OC2(CCCc3sc(-c4cccc(C(F)(F)F)c4)cc32)N=C1N. The summed E-state index contributed by atoms with van der Waals surface area (Å²) in [6.07, 6.45) is -1.91. The van der Waals surface area contributed by atoms with Crippen LogP contribution in [0.15, 0.2) is 35.3 Å². The van der Waals surface area contributed by atoms with E-state index in [2.05, 4.69) is 4.99 Å². The molecule has 4 nitrogen and oxygen atoms in total. The predicted molar refractivity (Wildman–Crippen MR) is 89.8 cm³/mol. The van der Waals surface area contributed by atoms with E-state index in [1.165, 1.54) is 28.5 Å². The fourth-order valence-corrected chi connectivity index (χ4v) is 4.58. The van der Waals surface area contributed by atoms with E-state index in [-0.39, 0.29) is 0 Å². The van der Waals surface area contributed by atoms with Crippen LogP contribution < -0.4 is 5.73 Å². The van der Waals surface area contributed by atoms with E-state index in [9.17, 15) is 13.2 Å². The van der Waals surface area contributed by atoms with E-state index in [0.717, 1.165) is 34.2 Å². The highest BCUT2D eigenvalue weighted by Crippen LogP contribution is 2.48. The molecular weight excluding hydrogens is 351 g/mol. The molecule has 4 rings (SSSR count). The number of hydrogen-bond donors (Lipinski definition) is 1. The molecule has 25 heavy (non-hydrogen) atoms. The molecule has 0 fully saturated rings. The van der Waals surface area contributed by atoms with Gasteiger partial charge in [0.15, 0.2) is 0 Å². The van der Waals surface area contributed by atoms with Gasteiger partial charge < -0.3 is 5.73 Å². The predicted octanol–water partition coefficient (Wildman–Crippen LogP) is 4.11. The standard InChI is InChI=1S/C17H16F3N3OS/c1-23-15(21)22-16(24-23)7-3-6-13-12(16)9-14(25-13)10-4-2-5-11(8-10)17(18,19)20/h2,4-5,8-9H,3,6-7H2,1H3,(H2,21,22). The highest BCUT2D eigenvalue weighted by molar-refractivity contribution is 7.15. The number of guanidine groups is 1. The van der Waals surface area contributed by atoms with Gasteiger partial charge in [-0.3, -0.25) is 0 Å². The first-order chi connectivity index (χ1) is 11.8. The van der Waals surface area contributed by atoms with E-state index in [0.29, 0.717) is 17.9 Å². The van der Waals surface area contributed by atoms with Crippen LogP contribution in [-0.2, 0) is 23.2 Å². The van der Waals surface area contributed by atoms with Crippen LogP contribution in [0.1, 0.15) is 28.8 Å². The molecule has 1 spiro atoms. The summed E-state index contributed by atoms with van der Waals surface area (Å²) in [6.45, 7) is 0. The fourth-order valence-electron chi connectivity index (χ4n) is 3.32. The number of rotatable bonds is 1. The van der Waals surface area contributed by atoms with Crippen molar-refractivity contribution in [2.24, 2.45) is 10.7 Å². The van der Waals surface area contributed by atoms with Gasteiger partial charge in [0.2, 0.25) is 11.7 Å². The van der Waals surface area contributed by atoms with Crippen LogP contribution in [0.3, 0.4) is 0 Å². The summed E-state index contributed by atoms with van der Waals surface area (Å²) in [4.78, 5) is 12.2. The quantitative estimate of drug-likeness (QED) is 0.825. The Morgan fingerprint density at radius 3 is 2.80 bits per heavy atom. The maximum Gasteiger partial charge on any atom is 0.416 e. The summed E-state index contributed by atoms with van der Waals surface area (Å²) >= 11 is 1.50. The molecule has 2 heterocycles. The van der Waals surface area contributed by atoms with Crippen molar-refractivity contribution in [1.29, 1.82) is 0 Å². The van der Waals surface area contributed by atoms with Gasteiger partial charge in [0, 0.05) is 28.8 Å². The number of aryl methyl sites for hydroxylation is 1. The summed E-state index contributed by atoms with van der Waals surface area (Å²) in [5.74, 6) is 0.305. The number of alkyl halides is 3. The van der Waals surface area contributed by atoms with Crippen LogP contribution >= 0.6 is 11.3 Å². The first-order valence-electron chi connectivity index (χ1n) is 7.87. The third-order valence-corrected chi connectivity index (χ3v) is 5.77. The monoisotopic (exact) mass is 367 g/mol. The van der Waals surface area contributed by atoms with Gasteiger partial charge in [0.25, 0.3) is 0 Å². The van der Waals surface area contributed by atoms with E-state index in [4.69, 9.17) is 10.6 Å². The van der Waals surface area contributed by atoms with Crippen molar-refractivity contribution in [3.8, 4) is 10.4 Å². The van der Waals surface area contributed by atoms with Crippen molar-refractivity contribution in [3.63, 3.8) is 0 Å². The summed E-state index contributed by atoms with van der Waals surface area (Å²) in [5.41, 5.74) is 5.82. The van der Waals surface area contributed by atoms with Gasteiger partial charge in [0.1, 0.15) is 0 Å². The second-order valence-corrected chi connectivity index (χ2v) is 7.36. The van der Waals surface area contributed by atoms with Crippen molar-refractivity contribution in [2.45, 2.75) is 31.2 Å². The highest BCUT2D eigenvalue weighted by atomic mass is 32.1. The Hall–Kier alpha value is -2.06. The molecule has 2 aromatic rings. The van der Waals surface area contributed by atoms with Gasteiger partial charge in [-0.05, 0) is 36.6 Å². The highest BCUT2D eigenvalue weighted by Gasteiger charge is 2.45. The van der Waals surface area contributed by atoms with Crippen molar-refractivity contribution in [2.75, 3.05) is 7.05 Å². The van der Waals surface area contributed by atoms with Gasteiger partial charge in [0.05, 0.1) is 5.56 Å². The zero-order chi connectivity index (χ0) is 17.8. The molecule has 1 aromatic carbocycles. The number of fused-ring (bicyclic) bond motifs is 2. The maximum atomic E-state index is 13.0. The molecule has 0 radical (unpaired) electrons. The van der Waals surface area contributed by atoms with Gasteiger partial charge in [-0.25, -0.2) is 14.9 Å². The van der Waals surface area contributed by atoms with Crippen LogP contribution in [0.2, 0.25) is 0 Å². The molecule has 1 unspecified atom stereocenters. The first-order valence-corrected chi connectivity index (χ1v) is 8.69. The van der Waals surface area contributed by atoms with Crippen molar-refractivity contribution < 1.29 is 18.0 Å². The number of hydroxylamine groups is 2. The summed E-state index contributed by atoms with van der Waals surface area (Å²) in [7, 11) is 1.70. The largest absolute Gasteiger partial charge is 0.416 e. The molecule has 1 aliphatic carbocycles. The van der Waals surface area contributed by atoms with Gasteiger partial charge in [-0.1, -0.05) is 12.1 Å². The van der Waals surface area contributed by atoms with E-state index < -0.39 is 17.5 Å². The maximum absolute atomic E-state index is 13.0. The molecule has 1 atom stereocenters. The van der Waals surface area contributed by atoms with Crippen LogP contribution in [0, 0.1) is 0 Å². The number of aliphatic imine (C=N–C) groups is 1. The molecule has 0 saturated carbocycles. The van der Waals surface area contributed by atoms with Crippen LogP contribution in [-0.4, -0.2) is 18.1 Å². The number of nitrogens with zero attached hydrogens (tertiary/aromatic N) is 2. The molecule has 0 bridgehead atoms. The molecule has 1 aliphatic heterocycles. The normalized spacial score (nSPS) is 23.0. The summed E-state index contributed by atoms with van der Waals surface area (Å²) in [5, 5.41) is 1.44. The average Bonchev–Trinajstić information content (AvgIpc) is 3.10. The number of nitrogens with two attached hydrogens (primary N) is 1. The van der Waals surface area contributed by atoms with Gasteiger partial charge in [-0.15, -0.1) is 11.3 Å². The molecule has 132 valence electrons. The molecule has 2 N–H and O–H groups in total. The molecule has 2 aliphatic rings. The third-order valence-electron chi connectivity index (χ3n) is 4.53. The molecule has 1 aromatic heterocycles. The number of hydrogen-bond acceptors (Lipinski definition) is 5. The Balaban J connectivity index is 1.78. The average molecular weight is 367 g/mol. The lowest BCUT2D eigenvalue weighted by Gasteiger charge is -2.29. The van der Waals surface area contributed by atoms with Crippen molar-refractivity contribution in [3.05, 3.63) is 46.3 Å². The van der Waals surface area contributed by atoms with Crippen molar-refractivity contribution >= 4 is 17.3 Å². The minimum absolute atomic E-state index is 0.305. The lowest BCUT2D eigenvalue weighted by molar-refractivity contribution is -0.178. The number of thiophene rings is 1. The lowest BCUT2D eigenvalue weighted by Crippen LogP contribution is -2.33. The molecule has 0 saturated heterocycles. The Labute approximate surface area is 146 Å². The number of halogens is 3. The Morgan fingerprint density at radius 2 is 2.12 bits per heavy atom. The van der Waals surface area contributed by atoms with Crippen molar-refractivity contribution in [1.82, 2.24) is 5.06 Å². The molecule has 8 heteroatoms. The fraction of sp³-hybridized carbons (Fsp3) is 0.353. The van der Waals surface area contributed by atoms with Crippen LogP contribution in [0.25, 0.3) is 10.4 Å². The van der Waals surface area contributed by atoms with E-state index in [1.807, 2.05) is 6.07 Å². The minimum Gasteiger partial charge on any atom is -0.368 e. The smallest absolute Gasteiger partial charge is 0.368 e. The van der Waals surface area contributed by atoms with Crippen LogP contribution in [0.5, 0.6) is 0 Å². The molecule has 0 amide bonds. The van der Waals surface area contributed by atoms with Crippen LogP contribution in [0.4, 0.5) is 13.2 Å². The lowest BCUT2D eigenvalue weighted by atomic mass is 9.90. The van der Waals surface area contributed by atoms with E-state index in [1.54, 1.807) is 13.1 Å². The summed E-state index contributed by atoms with van der Waals surface area (Å²) in [6, 6.07) is 7.29. The Morgan fingerprint density at radius 1 is 1.32 bits per heavy atom. The third kappa shape index (κ3) is 2.69. The Bertz CT molecular complexity index is 861. The van der Waals surface area contributed by atoms with E-state index >= 15 is 0 Å². The first kappa shape index (κ1) is 16.4. The minimum atomic E-state index is -4.36. The van der Waals surface area contributed by atoms with Gasteiger partial charge >= 0.3 is 6.18 Å². The Kier molecular flexibility index (Phi) is 3.59. The van der Waals surface area contributed by atoms with Gasteiger partial charge in [-0.2, -0.15) is 13.2 Å². The molecular formula is C17H16F3N3OS. The second kappa shape index (κ2) is 5.47. The zero-order valence-corrected chi connectivity index (χ0v) is 14.2. The summed E-state index contributed by atoms with van der Waals surface area (Å²) < 4.78 is 38.9. The number of benzene rings is 1. The topological polar surface area (TPSA) is 50.8 Å². The zero-order valence-electron chi connectivity index (χ0n) is 13.4.